The molecule has 1 atom stereocenters. The molecule has 0 aliphatic rings. The van der Waals surface area contributed by atoms with Crippen molar-refractivity contribution in [1.82, 2.24) is 0 Å². The van der Waals surface area contributed by atoms with Crippen LogP contribution in [-0.4, -0.2) is 49.9 Å². The Balaban J connectivity index is 3.37. The van der Waals surface area contributed by atoms with Crippen LogP contribution in [0.1, 0.15) is 17.9 Å². The molecule has 10 nitrogen and oxygen atoms in total. The van der Waals surface area contributed by atoms with Crippen molar-refractivity contribution in [3.8, 4) is 0 Å². The van der Waals surface area contributed by atoms with Gasteiger partial charge in [0, 0.05) is 24.5 Å². The second-order valence-corrected chi connectivity index (χ2v) is 5.10. The van der Waals surface area contributed by atoms with Crippen LogP contribution in [0, 0.1) is 16.0 Å². The third kappa shape index (κ3) is 4.85. The Labute approximate surface area is 148 Å². The number of Topliss-reactive ketones (excluding diaryl/α,β-unsaturated/α-hetero) is 1. The minimum atomic E-state index is -1.54. The highest BCUT2D eigenvalue weighted by atomic mass is 16.6. The predicted octanol–water partition coefficient (Wildman–Crippen LogP) is 0.773. The first-order valence-corrected chi connectivity index (χ1v) is 7.27. The Kier molecular flexibility index (Phi) is 7.38. The summed E-state index contributed by atoms with van der Waals surface area (Å²) in [5, 5.41) is 10.8. The van der Waals surface area contributed by atoms with Gasteiger partial charge in [-0.15, -0.1) is 0 Å². The number of ether oxygens (including phenoxy) is 3. The number of hydrogen-bond acceptors (Lipinski definition) is 9. The van der Waals surface area contributed by atoms with Crippen molar-refractivity contribution >= 4 is 29.4 Å². The number of benzene rings is 1. The van der Waals surface area contributed by atoms with Gasteiger partial charge >= 0.3 is 17.9 Å². The molecule has 140 valence electrons. The summed E-state index contributed by atoms with van der Waals surface area (Å²) < 4.78 is 13.5. The van der Waals surface area contributed by atoms with Crippen LogP contribution in [0.2, 0.25) is 0 Å². The van der Waals surface area contributed by atoms with Gasteiger partial charge in [-0.3, -0.25) is 24.5 Å². The Morgan fingerprint density at radius 2 is 1.46 bits per heavy atom. The van der Waals surface area contributed by atoms with E-state index in [-0.39, 0.29) is 11.3 Å². The van der Waals surface area contributed by atoms with Crippen molar-refractivity contribution in [1.29, 1.82) is 0 Å². The monoisotopic (exact) mass is 367 g/mol. The van der Waals surface area contributed by atoms with Crippen molar-refractivity contribution in [2.75, 3.05) is 21.3 Å². The number of ketones is 1. The number of hydrogen-bond donors (Lipinski definition) is 0. The molecule has 0 fully saturated rings. The van der Waals surface area contributed by atoms with Crippen LogP contribution < -0.4 is 0 Å². The molecule has 0 amide bonds. The summed E-state index contributed by atoms with van der Waals surface area (Å²) in [6.07, 6.45) is -0.556. The SMILES string of the molecule is COC(=O)C(=O)CC(c1ccc([N+](=O)[O-])cc1)C(C(=O)OC)C(=O)OC. The summed E-state index contributed by atoms with van der Waals surface area (Å²) in [7, 11) is 3.11. The number of nitro groups is 1. The second-order valence-electron chi connectivity index (χ2n) is 5.10. The fourth-order valence-corrected chi connectivity index (χ4v) is 2.35. The van der Waals surface area contributed by atoms with E-state index in [0.29, 0.717) is 0 Å². The molecule has 0 radical (unpaired) electrons. The number of rotatable bonds is 8. The molecule has 26 heavy (non-hydrogen) atoms. The Hall–Kier alpha value is -3.30. The molecule has 0 heterocycles. The van der Waals surface area contributed by atoms with Gasteiger partial charge in [-0.05, 0) is 5.56 Å². The van der Waals surface area contributed by atoms with E-state index in [9.17, 15) is 29.3 Å². The van der Waals surface area contributed by atoms with Crippen LogP contribution in [0.25, 0.3) is 0 Å². The Morgan fingerprint density at radius 3 is 1.85 bits per heavy atom. The zero-order valence-corrected chi connectivity index (χ0v) is 14.3. The summed E-state index contributed by atoms with van der Waals surface area (Å²) in [5.41, 5.74) is 0.0214. The molecule has 0 bridgehead atoms. The topological polar surface area (TPSA) is 139 Å². The average Bonchev–Trinajstić information content (AvgIpc) is 2.65. The lowest BCUT2D eigenvalue weighted by Crippen LogP contribution is -2.34. The zero-order valence-electron chi connectivity index (χ0n) is 14.3. The summed E-state index contributed by atoms with van der Waals surface area (Å²) in [5.74, 6) is -6.75. The normalized spacial score (nSPS) is 11.4. The number of nitrogens with zero attached hydrogens (tertiary/aromatic N) is 1. The van der Waals surface area contributed by atoms with Crippen LogP contribution in [0.15, 0.2) is 24.3 Å². The Morgan fingerprint density at radius 1 is 0.962 bits per heavy atom. The minimum absolute atomic E-state index is 0.223. The van der Waals surface area contributed by atoms with Crippen molar-refractivity contribution in [2.45, 2.75) is 12.3 Å². The van der Waals surface area contributed by atoms with Crippen LogP contribution in [0.3, 0.4) is 0 Å². The van der Waals surface area contributed by atoms with E-state index in [1.807, 2.05) is 0 Å². The molecule has 1 aromatic rings. The third-order valence-electron chi connectivity index (χ3n) is 3.66. The number of carbonyl (C=O) groups is 4. The van der Waals surface area contributed by atoms with Gasteiger partial charge in [0.2, 0.25) is 5.78 Å². The van der Waals surface area contributed by atoms with Crippen molar-refractivity contribution in [3.05, 3.63) is 39.9 Å². The molecule has 0 saturated heterocycles. The summed E-state index contributed by atoms with van der Waals surface area (Å²) in [6, 6.07) is 4.87. The first-order valence-electron chi connectivity index (χ1n) is 7.27. The molecule has 0 aliphatic carbocycles. The number of esters is 3. The van der Waals surface area contributed by atoms with E-state index < -0.39 is 46.9 Å². The molecule has 0 spiro atoms. The van der Waals surface area contributed by atoms with E-state index in [1.165, 1.54) is 12.1 Å². The maximum Gasteiger partial charge on any atom is 0.374 e. The van der Waals surface area contributed by atoms with Crippen LogP contribution in [0.4, 0.5) is 5.69 Å². The largest absolute Gasteiger partial charge is 0.468 e. The van der Waals surface area contributed by atoms with E-state index >= 15 is 0 Å². The Bertz CT molecular complexity index is 695. The standard InChI is InChI=1S/C16H17NO9/c1-24-14(19)12(18)8-11(13(15(20)25-2)16(21)26-3)9-4-6-10(7-5-9)17(22)23/h4-7,11,13H,8H2,1-3H3. The van der Waals surface area contributed by atoms with Gasteiger partial charge < -0.3 is 14.2 Å². The molecule has 0 N–H and O–H groups in total. The van der Waals surface area contributed by atoms with Gasteiger partial charge in [0.25, 0.3) is 5.69 Å². The predicted molar refractivity (Wildman–Crippen MR) is 85.0 cm³/mol. The minimum Gasteiger partial charge on any atom is -0.468 e. The smallest absolute Gasteiger partial charge is 0.374 e. The lowest BCUT2D eigenvalue weighted by atomic mass is 9.82. The third-order valence-corrected chi connectivity index (χ3v) is 3.66. The summed E-state index contributed by atoms with van der Waals surface area (Å²) in [6.45, 7) is 0. The van der Waals surface area contributed by atoms with E-state index in [4.69, 9.17) is 0 Å². The molecular formula is C16H17NO9. The maximum atomic E-state index is 12.1. The quantitative estimate of drug-likeness (QED) is 0.163. The first-order chi connectivity index (χ1) is 12.3. The number of methoxy groups -OCH3 is 3. The van der Waals surface area contributed by atoms with Crippen LogP contribution in [0.5, 0.6) is 0 Å². The molecule has 0 aromatic heterocycles. The lowest BCUT2D eigenvalue weighted by Gasteiger charge is -2.23. The van der Waals surface area contributed by atoms with E-state index in [1.54, 1.807) is 0 Å². The van der Waals surface area contributed by atoms with Crippen molar-refractivity contribution in [3.63, 3.8) is 0 Å². The van der Waals surface area contributed by atoms with Gasteiger partial charge in [0.15, 0.2) is 5.92 Å². The highest BCUT2D eigenvalue weighted by Gasteiger charge is 2.40. The molecule has 1 aromatic carbocycles. The van der Waals surface area contributed by atoms with E-state index in [0.717, 1.165) is 33.5 Å². The van der Waals surface area contributed by atoms with Gasteiger partial charge in [-0.1, -0.05) is 12.1 Å². The highest BCUT2D eigenvalue weighted by Crippen LogP contribution is 2.32. The highest BCUT2D eigenvalue weighted by molar-refractivity contribution is 6.33. The van der Waals surface area contributed by atoms with Gasteiger partial charge in [0.1, 0.15) is 0 Å². The second kappa shape index (κ2) is 9.25. The zero-order chi connectivity index (χ0) is 19.9. The molecule has 10 heteroatoms. The summed E-state index contributed by atoms with van der Waals surface area (Å²) >= 11 is 0. The molecular weight excluding hydrogens is 350 g/mol. The molecule has 0 aliphatic heterocycles. The lowest BCUT2D eigenvalue weighted by molar-refractivity contribution is -0.384. The van der Waals surface area contributed by atoms with Crippen LogP contribution in [-0.2, 0) is 33.4 Å². The maximum absolute atomic E-state index is 12.1. The number of non-ortho nitro benzene ring substituents is 1. The van der Waals surface area contributed by atoms with Gasteiger partial charge in [0.05, 0.1) is 26.3 Å². The molecule has 1 rings (SSSR count). The number of carbonyl (C=O) groups excluding carboxylic acids is 4. The van der Waals surface area contributed by atoms with Crippen molar-refractivity contribution in [2.24, 2.45) is 5.92 Å². The first kappa shape index (κ1) is 20.7. The molecule has 1 unspecified atom stereocenters. The van der Waals surface area contributed by atoms with Crippen molar-refractivity contribution < 1.29 is 38.3 Å². The fraction of sp³-hybridized carbons (Fsp3) is 0.375. The fourth-order valence-electron chi connectivity index (χ4n) is 2.35. The molecule has 0 saturated carbocycles. The van der Waals surface area contributed by atoms with E-state index in [2.05, 4.69) is 14.2 Å². The number of nitro benzene ring substituents is 1. The van der Waals surface area contributed by atoms with Gasteiger partial charge in [-0.2, -0.15) is 0 Å². The average molecular weight is 367 g/mol. The summed E-state index contributed by atoms with van der Waals surface area (Å²) in [4.78, 5) is 57.7. The van der Waals surface area contributed by atoms with Crippen LogP contribution >= 0.6 is 0 Å². The van der Waals surface area contributed by atoms with Gasteiger partial charge in [-0.25, -0.2) is 4.79 Å².